The van der Waals surface area contributed by atoms with Crippen molar-refractivity contribution in [1.29, 1.82) is 0 Å². The first-order chi connectivity index (χ1) is 12.4. The fourth-order valence-corrected chi connectivity index (χ4v) is 5.75. The molecule has 0 spiro atoms. The topological polar surface area (TPSA) is 36.4 Å². The summed E-state index contributed by atoms with van der Waals surface area (Å²) in [4.78, 5) is 21.6. The van der Waals surface area contributed by atoms with E-state index >= 15 is 0 Å². The van der Waals surface area contributed by atoms with Crippen molar-refractivity contribution >= 4 is 67.1 Å². The molecule has 0 unspecified atom stereocenters. The van der Waals surface area contributed by atoms with Crippen molar-refractivity contribution in [3.05, 3.63) is 43.6 Å². The van der Waals surface area contributed by atoms with Gasteiger partial charge in [0.05, 0.1) is 20.1 Å². The molecule has 0 bridgehead atoms. The third kappa shape index (κ3) is 3.20. The Hall–Kier alpha value is -1.34. The number of thiophene rings is 1. The zero-order valence-electron chi connectivity index (χ0n) is 14.4. The number of carbonyl (C=O) groups excluding carboxylic acids is 1. The smallest absolute Gasteiger partial charge is 0.256 e. The van der Waals surface area contributed by atoms with Crippen LogP contribution in [-0.4, -0.2) is 42.0 Å². The van der Waals surface area contributed by atoms with Crippen molar-refractivity contribution in [2.45, 2.75) is 13.8 Å². The molecule has 1 amide bonds. The van der Waals surface area contributed by atoms with E-state index in [1.54, 1.807) is 17.4 Å². The summed E-state index contributed by atoms with van der Waals surface area (Å²) in [6.07, 6.45) is 0. The molecule has 1 aliphatic rings. The number of halogens is 2. The Kier molecular flexibility index (Phi) is 4.86. The van der Waals surface area contributed by atoms with Crippen LogP contribution in [0.25, 0.3) is 10.2 Å². The molecule has 0 saturated carbocycles. The Morgan fingerprint density at radius 2 is 1.77 bits per heavy atom. The number of hydrogen-bond donors (Lipinski definition) is 0. The van der Waals surface area contributed by atoms with E-state index in [4.69, 9.17) is 28.2 Å². The van der Waals surface area contributed by atoms with Gasteiger partial charge in [-0.2, -0.15) is 0 Å². The lowest BCUT2D eigenvalue weighted by atomic mass is 10.1. The molecule has 3 aromatic rings. The van der Waals surface area contributed by atoms with Gasteiger partial charge in [-0.3, -0.25) is 4.79 Å². The summed E-state index contributed by atoms with van der Waals surface area (Å²) >= 11 is 15.1. The van der Waals surface area contributed by atoms with E-state index in [1.807, 2.05) is 4.90 Å². The second-order valence-electron chi connectivity index (χ2n) is 6.39. The molecule has 0 N–H and O–H groups in total. The second kappa shape index (κ2) is 7.00. The Labute approximate surface area is 170 Å². The zero-order valence-corrected chi connectivity index (χ0v) is 17.5. The van der Waals surface area contributed by atoms with Gasteiger partial charge in [0.25, 0.3) is 5.91 Å². The summed E-state index contributed by atoms with van der Waals surface area (Å²) in [6, 6.07) is 5.92. The summed E-state index contributed by atoms with van der Waals surface area (Å²) in [5.74, 6) is -0.0474. The Balaban J connectivity index is 1.50. The third-order valence-electron chi connectivity index (χ3n) is 4.66. The van der Waals surface area contributed by atoms with E-state index in [-0.39, 0.29) is 5.91 Å². The van der Waals surface area contributed by atoms with E-state index in [9.17, 15) is 4.79 Å². The molecule has 1 fully saturated rings. The molecule has 8 heteroatoms. The van der Waals surface area contributed by atoms with Gasteiger partial charge < -0.3 is 9.80 Å². The van der Waals surface area contributed by atoms with Gasteiger partial charge in [-0.1, -0.05) is 46.7 Å². The maximum absolute atomic E-state index is 12.7. The minimum absolute atomic E-state index is 0.0474. The fraction of sp³-hybridized carbons (Fsp3) is 0.333. The lowest BCUT2D eigenvalue weighted by Crippen LogP contribution is -2.48. The lowest BCUT2D eigenvalue weighted by molar-refractivity contribution is 0.0747. The van der Waals surface area contributed by atoms with Crippen LogP contribution >= 0.6 is 45.9 Å². The monoisotopic (exact) mass is 425 g/mol. The first-order valence-corrected chi connectivity index (χ1v) is 10.7. The fourth-order valence-electron chi connectivity index (χ4n) is 3.14. The number of amides is 1. The third-order valence-corrected chi connectivity index (χ3v) is 7.39. The van der Waals surface area contributed by atoms with Crippen molar-refractivity contribution in [2.75, 3.05) is 31.1 Å². The van der Waals surface area contributed by atoms with Gasteiger partial charge in [0.2, 0.25) is 0 Å². The average molecular weight is 426 g/mol. The Morgan fingerprint density at radius 3 is 2.38 bits per heavy atom. The first-order valence-electron chi connectivity index (χ1n) is 8.30. The number of hydrogen-bond acceptors (Lipinski definition) is 5. The number of carbonyl (C=O) groups is 1. The van der Waals surface area contributed by atoms with Gasteiger partial charge >= 0.3 is 0 Å². The molecule has 0 atom stereocenters. The number of fused-ring (bicyclic) bond motifs is 1. The van der Waals surface area contributed by atoms with Crippen molar-refractivity contribution in [3.8, 4) is 0 Å². The molecule has 136 valence electrons. The quantitative estimate of drug-likeness (QED) is 0.562. The van der Waals surface area contributed by atoms with Crippen LogP contribution in [0.15, 0.2) is 18.2 Å². The minimum atomic E-state index is -0.0474. The standard InChI is InChI=1S/C18H17Cl2N3OS2/c1-10-3-4-11(2)15-14(10)21-18(26-15)23-7-5-22(6-8-23)17(24)12-9-13(19)25-16(12)20/h3-4,9H,5-8H2,1-2H3. The maximum atomic E-state index is 12.7. The second-order valence-corrected chi connectivity index (χ2v) is 9.65. The molecular formula is C18H17Cl2N3OS2. The largest absolute Gasteiger partial charge is 0.345 e. The van der Waals surface area contributed by atoms with Crippen LogP contribution in [0.4, 0.5) is 5.13 Å². The Bertz CT molecular complexity index is 951. The van der Waals surface area contributed by atoms with Crippen LogP contribution in [0.1, 0.15) is 21.5 Å². The molecular weight excluding hydrogens is 409 g/mol. The number of nitrogens with zero attached hydrogens (tertiary/aromatic N) is 3. The zero-order chi connectivity index (χ0) is 18.4. The highest BCUT2D eigenvalue weighted by Crippen LogP contribution is 2.34. The van der Waals surface area contributed by atoms with Crippen LogP contribution in [0, 0.1) is 13.8 Å². The van der Waals surface area contributed by atoms with Gasteiger partial charge in [-0.05, 0) is 31.0 Å². The number of thiazole rings is 1. The predicted molar refractivity (Wildman–Crippen MR) is 112 cm³/mol. The highest BCUT2D eigenvalue weighted by Gasteiger charge is 2.26. The van der Waals surface area contributed by atoms with Crippen LogP contribution in [0.5, 0.6) is 0 Å². The van der Waals surface area contributed by atoms with E-state index in [1.165, 1.54) is 27.2 Å². The average Bonchev–Trinajstić information content (AvgIpc) is 3.22. The maximum Gasteiger partial charge on any atom is 0.256 e. The van der Waals surface area contributed by atoms with Crippen molar-refractivity contribution in [3.63, 3.8) is 0 Å². The van der Waals surface area contributed by atoms with Crippen LogP contribution < -0.4 is 4.90 Å². The van der Waals surface area contributed by atoms with Crippen LogP contribution in [-0.2, 0) is 0 Å². The normalized spacial score (nSPS) is 15.1. The summed E-state index contributed by atoms with van der Waals surface area (Å²) in [5.41, 5.74) is 4.04. The molecule has 1 aromatic carbocycles. The van der Waals surface area contributed by atoms with E-state index in [2.05, 4.69) is 30.9 Å². The number of aromatic nitrogens is 1. The molecule has 1 saturated heterocycles. The van der Waals surface area contributed by atoms with E-state index in [0.29, 0.717) is 27.3 Å². The van der Waals surface area contributed by atoms with Crippen molar-refractivity contribution < 1.29 is 4.79 Å². The Morgan fingerprint density at radius 1 is 1.08 bits per heavy atom. The van der Waals surface area contributed by atoms with Gasteiger partial charge in [0, 0.05) is 26.2 Å². The molecule has 3 heterocycles. The van der Waals surface area contributed by atoms with E-state index in [0.717, 1.165) is 23.7 Å². The molecule has 4 rings (SSSR count). The highest BCUT2D eigenvalue weighted by molar-refractivity contribution is 7.22. The molecule has 2 aromatic heterocycles. The van der Waals surface area contributed by atoms with Gasteiger partial charge in [0.1, 0.15) is 4.34 Å². The highest BCUT2D eigenvalue weighted by atomic mass is 35.5. The summed E-state index contributed by atoms with van der Waals surface area (Å²) in [5, 5.41) is 1.03. The van der Waals surface area contributed by atoms with Crippen molar-refractivity contribution in [1.82, 2.24) is 9.88 Å². The minimum Gasteiger partial charge on any atom is -0.345 e. The number of anilines is 1. The van der Waals surface area contributed by atoms with Crippen LogP contribution in [0.2, 0.25) is 8.67 Å². The van der Waals surface area contributed by atoms with Gasteiger partial charge in [-0.25, -0.2) is 4.98 Å². The van der Waals surface area contributed by atoms with Gasteiger partial charge in [-0.15, -0.1) is 11.3 Å². The molecule has 4 nitrogen and oxygen atoms in total. The number of rotatable bonds is 2. The molecule has 26 heavy (non-hydrogen) atoms. The molecule has 0 aliphatic carbocycles. The number of benzene rings is 1. The lowest BCUT2D eigenvalue weighted by Gasteiger charge is -2.34. The predicted octanol–water partition coefficient (Wildman–Crippen LogP) is 5.24. The van der Waals surface area contributed by atoms with Crippen LogP contribution in [0.3, 0.4) is 0 Å². The first kappa shape index (κ1) is 18.0. The number of aryl methyl sites for hydroxylation is 2. The van der Waals surface area contributed by atoms with Crippen molar-refractivity contribution in [2.24, 2.45) is 0 Å². The molecule has 1 aliphatic heterocycles. The summed E-state index contributed by atoms with van der Waals surface area (Å²) in [7, 11) is 0. The summed E-state index contributed by atoms with van der Waals surface area (Å²) in [6.45, 7) is 7.04. The number of piperazine rings is 1. The van der Waals surface area contributed by atoms with E-state index < -0.39 is 0 Å². The van der Waals surface area contributed by atoms with Gasteiger partial charge in [0.15, 0.2) is 5.13 Å². The SMILES string of the molecule is Cc1ccc(C)c2sc(N3CCN(C(=O)c4cc(Cl)sc4Cl)CC3)nc12. The summed E-state index contributed by atoms with van der Waals surface area (Å²) < 4.78 is 2.25. The molecule has 0 radical (unpaired) electrons.